The standard InChI is InChI=1S/C18H28N2O2/c1-14-9-11-20(12-10-14)17(21)19-13-18(2,3)15-5-7-16(22-4)8-6-15/h5-8,14H,9-13H2,1-4H3,(H,19,21). The quantitative estimate of drug-likeness (QED) is 0.926. The Morgan fingerprint density at radius 2 is 1.86 bits per heavy atom. The number of nitrogens with one attached hydrogen (secondary N) is 1. The monoisotopic (exact) mass is 304 g/mol. The minimum absolute atomic E-state index is 0.0634. The van der Waals surface area contributed by atoms with Crippen LogP contribution in [0.3, 0.4) is 0 Å². The summed E-state index contributed by atoms with van der Waals surface area (Å²) in [4.78, 5) is 14.2. The lowest BCUT2D eigenvalue weighted by Gasteiger charge is -2.32. The third-order valence-electron chi connectivity index (χ3n) is 4.62. The Morgan fingerprint density at radius 3 is 2.41 bits per heavy atom. The van der Waals surface area contributed by atoms with Crippen LogP contribution >= 0.6 is 0 Å². The third-order valence-corrected chi connectivity index (χ3v) is 4.62. The Hall–Kier alpha value is -1.71. The number of methoxy groups -OCH3 is 1. The van der Waals surface area contributed by atoms with E-state index < -0.39 is 0 Å². The minimum Gasteiger partial charge on any atom is -0.497 e. The topological polar surface area (TPSA) is 41.6 Å². The van der Waals surface area contributed by atoms with Crippen molar-refractivity contribution in [2.24, 2.45) is 5.92 Å². The number of carbonyl (C=O) groups is 1. The number of amides is 2. The molecule has 22 heavy (non-hydrogen) atoms. The second-order valence-corrected chi connectivity index (χ2v) is 6.94. The molecule has 0 bridgehead atoms. The molecule has 4 nitrogen and oxygen atoms in total. The van der Waals surface area contributed by atoms with Crippen molar-refractivity contribution >= 4 is 6.03 Å². The largest absolute Gasteiger partial charge is 0.497 e. The third kappa shape index (κ3) is 4.15. The van der Waals surface area contributed by atoms with Crippen molar-refractivity contribution in [2.45, 2.75) is 39.0 Å². The predicted molar refractivity (Wildman–Crippen MR) is 89.4 cm³/mol. The number of benzene rings is 1. The van der Waals surface area contributed by atoms with Gasteiger partial charge in [0.1, 0.15) is 5.75 Å². The Kier molecular flexibility index (Phi) is 5.33. The van der Waals surface area contributed by atoms with Crippen LogP contribution in [0.1, 0.15) is 39.2 Å². The Balaban J connectivity index is 1.89. The van der Waals surface area contributed by atoms with E-state index in [2.05, 4.69) is 38.2 Å². The van der Waals surface area contributed by atoms with E-state index in [4.69, 9.17) is 4.74 Å². The summed E-state index contributed by atoms with van der Waals surface area (Å²) in [6, 6.07) is 8.12. The highest BCUT2D eigenvalue weighted by molar-refractivity contribution is 5.74. The molecular formula is C18H28N2O2. The highest BCUT2D eigenvalue weighted by Gasteiger charge is 2.24. The van der Waals surface area contributed by atoms with E-state index in [9.17, 15) is 4.79 Å². The molecule has 1 aromatic rings. The molecule has 0 aromatic heterocycles. The van der Waals surface area contributed by atoms with E-state index in [1.807, 2.05) is 17.0 Å². The summed E-state index contributed by atoms with van der Waals surface area (Å²) < 4.78 is 5.19. The predicted octanol–water partition coefficient (Wildman–Crippen LogP) is 3.41. The van der Waals surface area contributed by atoms with Crippen LogP contribution < -0.4 is 10.1 Å². The number of nitrogens with zero attached hydrogens (tertiary/aromatic N) is 1. The van der Waals surface area contributed by atoms with Crippen LogP contribution in [0.25, 0.3) is 0 Å². The second kappa shape index (κ2) is 7.03. The maximum Gasteiger partial charge on any atom is 0.317 e. The molecular weight excluding hydrogens is 276 g/mol. The van der Waals surface area contributed by atoms with Gasteiger partial charge in [0.25, 0.3) is 0 Å². The van der Waals surface area contributed by atoms with Gasteiger partial charge >= 0.3 is 6.03 Å². The number of likely N-dealkylation sites (tertiary alicyclic amines) is 1. The van der Waals surface area contributed by atoms with E-state index in [0.717, 1.165) is 37.6 Å². The molecule has 2 amide bonds. The summed E-state index contributed by atoms with van der Waals surface area (Å²) in [5.41, 5.74) is 1.09. The molecule has 0 spiro atoms. The van der Waals surface area contributed by atoms with Crippen molar-refractivity contribution in [3.05, 3.63) is 29.8 Å². The molecule has 1 aromatic carbocycles. The Labute approximate surface area is 133 Å². The molecule has 1 fully saturated rings. The van der Waals surface area contributed by atoms with E-state index in [0.29, 0.717) is 6.54 Å². The first-order valence-corrected chi connectivity index (χ1v) is 8.09. The Bertz CT molecular complexity index is 488. The number of piperidine rings is 1. The molecule has 4 heteroatoms. The summed E-state index contributed by atoms with van der Waals surface area (Å²) in [5.74, 6) is 1.59. The fourth-order valence-electron chi connectivity index (χ4n) is 2.76. The summed E-state index contributed by atoms with van der Waals surface area (Å²) in [5, 5.41) is 3.09. The SMILES string of the molecule is COc1ccc(C(C)(C)CNC(=O)N2CCC(C)CC2)cc1. The summed E-state index contributed by atoms with van der Waals surface area (Å²) in [6.07, 6.45) is 2.21. The molecule has 1 aliphatic rings. The number of rotatable bonds is 4. The van der Waals surface area contributed by atoms with Crippen molar-refractivity contribution in [1.82, 2.24) is 10.2 Å². The van der Waals surface area contributed by atoms with Crippen molar-refractivity contribution in [3.63, 3.8) is 0 Å². The van der Waals surface area contributed by atoms with E-state index in [1.165, 1.54) is 5.56 Å². The van der Waals surface area contributed by atoms with Gasteiger partial charge in [-0.05, 0) is 36.5 Å². The maximum atomic E-state index is 12.3. The van der Waals surface area contributed by atoms with E-state index >= 15 is 0 Å². The van der Waals surface area contributed by atoms with Gasteiger partial charge in [0.15, 0.2) is 0 Å². The molecule has 0 radical (unpaired) electrons. The van der Waals surface area contributed by atoms with Crippen molar-refractivity contribution in [3.8, 4) is 5.75 Å². The van der Waals surface area contributed by atoms with Crippen molar-refractivity contribution in [1.29, 1.82) is 0 Å². The minimum atomic E-state index is -0.106. The number of hydrogen-bond acceptors (Lipinski definition) is 2. The van der Waals surface area contributed by atoms with E-state index in [1.54, 1.807) is 7.11 Å². The molecule has 1 heterocycles. The van der Waals surface area contributed by atoms with Crippen LogP contribution in [-0.4, -0.2) is 37.7 Å². The first kappa shape index (κ1) is 16.7. The smallest absolute Gasteiger partial charge is 0.317 e. The highest BCUT2D eigenvalue weighted by atomic mass is 16.5. The average Bonchev–Trinajstić information content (AvgIpc) is 2.53. The van der Waals surface area contributed by atoms with Crippen molar-refractivity contribution in [2.75, 3.05) is 26.7 Å². The molecule has 1 saturated heterocycles. The van der Waals surface area contributed by atoms with Crippen LogP contribution in [-0.2, 0) is 5.41 Å². The fourth-order valence-corrected chi connectivity index (χ4v) is 2.76. The van der Waals surface area contributed by atoms with Gasteiger partial charge in [-0.25, -0.2) is 4.79 Å². The van der Waals surface area contributed by atoms with Crippen LogP contribution in [0.4, 0.5) is 4.79 Å². The first-order chi connectivity index (χ1) is 10.4. The molecule has 0 saturated carbocycles. The molecule has 2 rings (SSSR count). The van der Waals surface area contributed by atoms with Crippen LogP contribution in [0.5, 0.6) is 5.75 Å². The second-order valence-electron chi connectivity index (χ2n) is 6.94. The number of urea groups is 1. The zero-order chi connectivity index (χ0) is 16.2. The molecule has 122 valence electrons. The fraction of sp³-hybridized carbons (Fsp3) is 0.611. The van der Waals surface area contributed by atoms with Crippen molar-refractivity contribution < 1.29 is 9.53 Å². The average molecular weight is 304 g/mol. The lowest BCUT2D eigenvalue weighted by atomic mass is 9.84. The summed E-state index contributed by atoms with van der Waals surface area (Å²) in [6.45, 7) is 8.92. The lowest BCUT2D eigenvalue weighted by molar-refractivity contribution is 0.172. The zero-order valence-corrected chi connectivity index (χ0v) is 14.2. The zero-order valence-electron chi connectivity index (χ0n) is 14.2. The number of ether oxygens (including phenoxy) is 1. The summed E-state index contributed by atoms with van der Waals surface area (Å²) >= 11 is 0. The summed E-state index contributed by atoms with van der Waals surface area (Å²) in [7, 11) is 1.67. The maximum absolute atomic E-state index is 12.3. The molecule has 1 aliphatic heterocycles. The van der Waals surface area contributed by atoms with Gasteiger partial charge in [-0.3, -0.25) is 0 Å². The van der Waals surface area contributed by atoms with Gasteiger partial charge in [0.2, 0.25) is 0 Å². The lowest BCUT2D eigenvalue weighted by Crippen LogP contribution is -2.47. The van der Waals surface area contributed by atoms with E-state index in [-0.39, 0.29) is 11.4 Å². The van der Waals surface area contributed by atoms with Gasteiger partial charge in [0.05, 0.1) is 7.11 Å². The Morgan fingerprint density at radius 1 is 1.27 bits per heavy atom. The van der Waals surface area contributed by atoms with Gasteiger partial charge in [-0.2, -0.15) is 0 Å². The number of hydrogen-bond donors (Lipinski definition) is 1. The molecule has 0 atom stereocenters. The van der Waals surface area contributed by atoms with Crippen LogP contribution in [0.15, 0.2) is 24.3 Å². The molecule has 1 N–H and O–H groups in total. The van der Waals surface area contributed by atoms with Crippen LogP contribution in [0.2, 0.25) is 0 Å². The highest BCUT2D eigenvalue weighted by Crippen LogP contribution is 2.24. The molecule has 0 unspecified atom stereocenters. The first-order valence-electron chi connectivity index (χ1n) is 8.09. The number of carbonyl (C=O) groups excluding carboxylic acids is 1. The van der Waals surface area contributed by atoms with Crippen LogP contribution in [0, 0.1) is 5.92 Å². The van der Waals surface area contributed by atoms with Gasteiger partial charge < -0.3 is 15.0 Å². The van der Waals surface area contributed by atoms with Gasteiger partial charge in [-0.15, -0.1) is 0 Å². The normalized spacial score (nSPS) is 16.5. The van der Waals surface area contributed by atoms with Gasteiger partial charge in [0, 0.05) is 25.0 Å². The molecule has 0 aliphatic carbocycles. The van der Waals surface area contributed by atoms with Gasteiger partial charge in [-0.1, -0.05) is 32.9 Å².